The molecule has 0 bridgehead atoms. The van der Waals surface area contributed by atoms with Crippen LogP contribution in [-0.2, 0) is 11.2 Å². The van der Waals surface area contributed by atoms with Crippen LogP contribution in [0, 0.1) is 6.92 Å². The number of hydrogen-bond donors (Lipinski definition) is 0. The molecule has 1 aliphatic rings. The summed E-state index contributed by atoms with van der Waals surface area (Å²) in [5.74, 6) is 0.881. The van der Waals surface area contributed by atoms with Crippen molar-refractivity contribution in [3.63, 3.8) is 0 Å². The van der Waals surface area contributed by atoms with Crippen molar-refractivity contribution in [3.8, 4) is 5.75 Å². The van der Waals surface area contributed by atoms with Crippen LogP contribution >= 0.6 is 0 Å². The Kier molecular flexibility index (Phi) is 4.79. The van der Waals surface area contributed by atoms with E-state index in [1.165, 1.54) is 0 Å². The van der Waals surface area contributed by atoms with Gasteiger partial charge in [0.1, 0.15) is 5.75 Å². The van der Waals surface area contributed by atoms with Crippen LogP contribution in [0.2, 0.25) is 0 Å². The van der Waals surface area contributed by atoms with Crippen molar-refractivity contribution in [2.24, 2.45) is 0 Å². The molecule has 4 rings (SSSR count). The minimum atomic E-state index is 0.0192. The van der Waals surface area contributed by atoms with E-state index in [1.807, 2.05) is 58.9 Å². The molecule has 0 spiro atoms. The highest BCUT2D eigenvalue weighted by atomic mass is 16.5. The molecule has 1 saturated heterocycles. The fourth-order valence-electron chi connectivity index (χ4n) is 3.93. The number of carbonyl (C=O) groups is 1. The first-order valence-electron chi connectivity index (χ1n) is 9.40. The van der Waals surface area contributed by atoms with Gasteiger partial charge >= 0.3 is 0 Å². The number of likely N-dealkylation sites (tertiary alicyclic amines) is 1. The first kappa shape index (κ1) is 17.5. The zero-order valence-corrected chi connectivity index (χ0v) is 15.8. The van der Waals surface area contributed by atoms with Gasteiger partial charge in [0.25, 0.3) is 0 Å². The van der Waals surface area contributed by atoms with E-state index in [9.17, 15) is 4.79 Å². The van der Waals surface area contributed by atoms with Crippen LogP contribution in [0.1, 0.15) is 42.3 Å². The van der Waals surface area contributed by atoms with E-state index in [0.29, 0.717) is 6.42 Å². The molecular weight excluding hydrogens is 340 g/mol. The summed E-state index contributed by atoms with van der Waals surface area (Å²) in [4.78, 5) is 19.6. The Hall–Kier alpha value is -2.89. The van der Waals surface area contributed by atoms with Crippen LogP contribution < -0.4 is 4.74 Å². The molecule has 0 N–H and O–H groups in total. The summed E-state index contributed by atoms with van der Waals surface area (Å²) < 4.78 is 7.30. The van der Waals surface area contributed by atoms with Crippen molar-refractivity contribution in [2.45, 2.75) is 38.6 Å². The van der Waals surface area contributed by atoms with Gasteiger partial charge in [-0.2, -0.15) is 5.10 Å². The van der Waals surface area contributed by atoms with E-state index < -0.39 is 0 Å². The predicted octanol–water partition coefficient (Wildman–Crippen LogP) is 3.34. The fourth-order valence-corrected chi connectivity index (χ4v) is 3.93. The number of para-hydroxylation sites is 1. The van der Waals surface area contributed by atoms with Crippen LogP contribution in [0.5, 0.6) is 5.75 Å². The van der Waals surface area contributed by atoms with Crippen LogP contribution in [0.15, 0.2) is 42.6 Å². The molecule has 0 aliphatic carbocycles. The molecule has 140 valence electrons. The molecule has 0 radical (unpaired) electrons. The largest absolute Gasteiger partial charge is 0.496 e. The number of carbonyl (C=O) groups excluding carboxylic acids is 1. The lowest BCUT2D eigenvalue weighted by Gasteiger charge is -2.36. The number of nitrogens with zero attached hydrogens (tertiary/aromatic N) is 4. The summed E-state index contributed by atoms with van der Waals surface area (Å²) in [5.41, 5.74) is 3.70. The zero-order valence-electron chi connectivity index (χ0n) is 15.8. The normalized spacial score (nSPS) is 17.3. The average molecular weight is 364 g/mol. The highest BCUT2D eigenvalue weighted by molar-refractivity contribution is 5.80. The number of benzene rings is 1. The molecule has 1 aliphatic heterocycles. The zero-order chi connectivity index (χ0) is 18.8. The van der Waals surface area contributed by atoms with Gasteiger partial charge in [-0.1, -0.05) is 18.2 Å². The molecule has 3 heterocycles. The van der Waals surface area contributed by atoms with E-state index in [4.69, 9.17) is 4.74 Å². The molecule has 0 saturated carbocycles. The number of methoxy groups -OCH3 is 1. The number of aryl methyl sites for hydroxylation is 1. The van der Waals surface area contributed by atoms with Gasteiger partial charge in [0.05, 0.1) is 31.0 Å². The molecule has 6 nitrogen and oxygen atoms in total. The van der Waals surface area contributed by atoms with Crippen molar-refractivity contribution in [2.75, 3.05) is 13.7 Å². The van der Waals surface area contributed by atoms with Crippen molar-refractivity contribution >= 4 is 11.6 Å². The van der Waals surface area contributed by atoms with E-state index in [0.717, 1.165) is 54.2 Å². The van der Waals surface area contributed by atoms with Gasteiger partial charge in [0, 0.05) is 24.4 Å². The Morgan fingerprint density at radius 3 is 2.96 bits per heavy atom. The standard InChI is InChI=1S/C21H24N4O2/c1-15-13-20-22-11-10-18(25(20)23-15)17-8-5-6-12-24(17)21(26)14-16-7-3-4-9-19(16)27-2/h3-4,7,9-11,13,17H,5-6,8,12,14H2,1-2H3. The predicted molar refractivity (Wildman–Crippen MR) is 103 cm³/mol. The van der Waals surface area contributed by atoms with E-state index in [1.54, 1.807) is 7.11 Å². The Labute approximate surface area is 158 Å². The van der Waals surface area contributed by atoms with Crippen LogP contribution in [0.3, 0.4) is 0 Å². The van der Waals surface area contributed by atoms with Gasteiger partial charge in [0.2, 0.25) is 5.91 Å². The third-order valence-electron chi connectivity index (χ3n) is 5.21. The second-order valence-electron chi connectivity index (χ2n) is 7.01. The van der Waals surface area contributed by atoms with Crippen LogP contribution in [0.25, 0.3) is 5.65 Å². The third-order valence-corrected chi connectivity index (χ3v) is 5.21. The van der Waals surface area contributed by atoms with E-state index in [2.05, 4.69) is 10.1 Å². The number of rotatable bonds is 4. The fraction of sp³-hybridized carbons (Fsp3) is 0.381. The molecule has 1 unspecified atom stereocenters. The molecule has 1 amide bonds. The summed E-state index contributed by atoms with van der Waals surface area (Å²) in [5, 5.41) is 4.59. The number of aromatic nitrogens is 3. The molecule has 1 atom stereocenters. The quantitative estimate of drug-likeness (QED) is 0.712. The molecule has 1 fully saturated rings. The molecule has 27 heavy (non-hydrogen) atoms. The summed E-state index contributed by atoms with van der Waals surface area (Å²) >= 11 is 0. The molecule has 1 aromatic carbocycles. The lowest BCUT2D eigenvalue weighted by molar-refractivity contribution is -0.134. The summed E-state index contributed by atoms with van der Waals surface area (Å²) in [6.07, 6.45) is 5.22. The third kappa shape index (κ3) is 3.39. The number of piperidine rings is 1. The maximum absolute atomic E-state index is 13.2. The van der Waals surface area contributed by atoms with Crippen molar-refractivity contribution in [1.29, 1.82) is 0 Å². The smallest absolute Gasteiger partial charge is 0.227 e. The highest BCUT2D eigenvalue weighted by Crippen LogP contribution is 2.32. The van der Waals surface area contributed by atoms with E-state index in [-0.39, 0.29) is 11.9 Å². The first-order chi connectivity index (χ1) is 13.2. The van der Waals surface area contributed by atoms with Gasteiger partial charge in [-0.15, -0.1) is 0 Å². The van der Waals surface area contributed by atoms with Gasteiger partial charge < -0.3 is 9.64 Å². The Bertz CT molecular complexity index is 966. The summed E-state index contributed by atoms with van der Waals surface area (Å²) in [6.45, 7) is 2.73. The molecule has 6 heteroatoms. The molecule has 3 aromatic rings. The van der Waals surface area contributed by atoms with Crippen molar-refractivity contribution in [3.05, 3.63) is 59.5 Å². The topological polar surface area (TPSA) is 59.7 Å². The number of fused-ring (bicyclic) bond motifs is 1. The lowest BCUT2D eigenvalue weighted by atomic mass is 9.97. The Morgan fingerprint density at radius 1 is 1.26 bits per heavy atom. The number of hydrogen-bond acceptors (Lipinski definition) is 4. The lowest BCUT2D eigenvalue weighted by Crippen LogP contribution is -2.40. The minimum absolute atomic E-state index is 0.0192. The molecular formula is C21H24N4O2. The maximum Gasteiger partial charge on any atom is 0.227 e. The Morgan fingerprint density at radius 2 is 2.11 bits per heavy atom. The maximum atomic E-state index is 13.2. The monoisotopic (exact) mass is 364 g/mol. The highest BCUT2D eigenvalue weighted by Gasteiger charge is 2.30. The van der Waals surface area contributed by atoms with Crippen LogP contribution in [0.4, 0.5) is 0 Å². The SMILES string of the molecule is COc1ccccc1CC(=O)N1CCCCC1c1ccnc2cc(C)nn12. The number of ether oxygens (including phenoxy) is 1. The second kappa shape index (κ2) is 7.39. The van der Waals surface area contributed by atoms with Gasteiger partial charge in [-0.05, 0) is 38.3 Å². The first-order valence-corrected chi connectivity index (χ1v) is 9.40. The Balaban J connectivity index is 1.65. The van der Waals surface area contributed by atoms with Crippen molar-refractivity contribution < 1.29 is 9.53 Å². The summed E-state index contributed by atoms with van der Waals surface area (Å²) in [7, 11) is 1.64. The van der Waals surface area contributed by atoms with Gasteiger partial charge in [-0.3, -0.25) is 4.79 Å². The van der Waals surface area contributed by atoms with E-state index >= 15 is 0 Å². The van der Waals surface area contributed by atoms with Crippen molar-refractivity contribution in [1.82, 2.24) is 19.5 Å². The average Bonchev–Trinajstić information content (AvgIpc) is 3.08. The van der Waals surface area contributed by atoms with Gasteiger partial charge in [-0.25, -0.2) is 9.50 Å². The minimum Gasteiger partial charge on any atom is -0.496 e. The molecule has 2 aromatic heterocycles. The number of amides is 1. The summed E-state index contributed by atoms with van der Waals surface area (Å²) in [6, 6.07) is 11.7. The van der Waals surface area contributed by atoms with Gasteiger partial charge in [0.15, 0.2) is 5.65 Å². The van der Waals surface area contributed by atoms with Crippen LogP contribution in [-0.4, -0.2) is 39.1 Å². The second-order valence-corrected chi connectivity index (χ2v) is 7.01.